The number of unbranched alkanes of at least 4 members (excludes halogenated alkanes) is 3. The third-order valence-corrected chi connectivity index (χ3v) is 7.94. The molecule has 0 aromatic heterocycles. The quantitative estimate of drug-likeness (QED) is 0.548. The Bertz CT molecular complexity index is 286. The van der Waals surface area contributed by atoms with E-state index in [2.05, 4.69) is 36.3 Å². The number of rotatable bonds is 8. The molecule has 0 bridgehead atoms. The highest BCUT2D eigenvalue weighted by atomic mass is 28.3. The highest BCUT2D eigenvalue weighted by Crippen LogP contribution is 2.23. The smallest absolute Gasteiger partial charge is 0.0848 e. The minimum Gasteiger partial charge on any atom is -0.304 e. The van der Waals surface area contributed by atoms with Gasteiger partial charge in [-0.15, -0.1) is 0 Å². The van der Waals surface area contributed by atoms with Crippen molar-refractivity contribution in [1.82, 2.24) is 10.2 Å². The van der Waals surface area contributed by atoms with Crippen LogP contribution in [0.15, 0.2) is 0 Å². The van der Waals surface area contributed by atoms with Gasteiger partial charge in [-0.1, -0.05) is 51.7 Å². The first kappa shape index (κ1) is 16.7. The maximum Gasteiger partial charge on any atom is 0.0848 e. The van der Waals surface area contributed by atoms with Crippen LogP contribution >= 0.6 is 0 Å². The molecule has 1 N–H and O–H groups in total. The van der Waals surface area contributed by atoms with Crippen LogP contribution in [-0.4, -0.2) is 38.4 Å². The van der Waals surface area contributed by atoms with Crippen LogP contribution in [0.3, 0.4) is 0 Å². The number of nitriles is 1. The van der Waals surface area contributed by atoms with E-state index in [9.17, 15) is 0 Å². The van der Waals surface area contributed by atoms with Gasteiger partial charge in [0.2, 0.25) is 0 Å². The molecule has 1 rings (SSSR count). The lowest BCUT2D eigenvalue weighted by Crippen LogP contribution is -2.63. The van der Waals surface area contributed by atoms with E-state index in [0.717, 1.165) is 13.1 Å². The van der Waals surface area contributed by atoms with Gasteiger partial charge < -0.3 is 5.32 Å². The van der Waals surface area contributed by atoms with Crippen LogP contribution < -0.4 is 5.32 Å². The highest BCUT2D eigenvalue weighted by Gasteiger charge is 2.36. The largest absolute Gasteiger partial charge is 0.304 e. The fraction of sp³-hybridized carbons (Fsp3) is 0.933. The number of nitrogens with one attached hydrogen (secondary N) is 1. The van der Waals surface area contributed by atoms with E-state index in [0.29, 0.717) is 12.2 Å². The molecular weight excluding hydrogens is 250 g/mol. The Morgan fingerprint density at radius 2 is 2.11 bits per heavy atom. The highest BCUT2D eigenvalue weighted by molar-refractivity contribution is 6.78. The molecule has 0 radical (unpaired) electrons. The van der Waals surface area contributed by atoms with Gasteiger partial charge in [0.25, 0.3) is 0 Å². The molecule has 0 aromatic rings. The van der Waals surface area contributed by atoms with Crippen LogP contribution in [0.2, 0.25) is 19.1 Å². The molecule has 1 atom stereocenters. The summed E-state index contributed by atoms with van der Waals surface area (Å²) in [4.78, 5) is 2.54. The van der Waals surface area contributed by atoms with Gasteiger partial charge in [0, 0.05) is 25.3 Å². The van der Waals surface area contributed by atoms with E-state index in [4.69, 9.17) is 5.26 Å². The summed E-state index contributed by atoms with van der Waals surface area (Å²) >= 11 is 0. The average molecular weight is 282 g/mol. The topological polar surface area (TPSA) is 39.1 Å². The minimum absolute atomic E-state index is 0.580. The Morgan fingerprint density at radius 3 is 2.79 bits per heavy atom. The molecule has 1 aliphatic heterocycles. The van der Waals surface area contributed by atoms with E-state index < -0.39 is 8.07 Å². The molecule has 1 aliphatic rings. The SMILES string of the molecule is CCCCCC[Si](C)(C)C1NCCCN1CCC#N. The van der Waals surface area contributed by atoms with E-state index in [1.807, 2.05) is 0 Å². The lowest BCUT2D eigenvalue weighted by Gasteiger charge is -2.44. The van der Waals surface area contributed by atoms with Crippen molar-refractivity contribution in [1.29, 1.82) is 5.26 Å². The van der Waals surface area contributed by atoms with Crippen molar-refractivity contribution in [2.75, 3.05) is 19.6 Å². The Kier molecular flexibility index (Phi) is 7.66. The van der Waals surface area contributed by atoms with E-state index in [-0.39, 0.29) is 0 Å². The Balaban J connectivity index is 2.49. The summed E-state index contributed by atoms with van der Waals surface area (Å²) in [5, 5.41) is 12.5. The van der Waals surface area contributed by atoms with Crippen molar-refractivity contribution in [3.8, 4) is 6.07 Å². The van der Waals surface area contributed by atoms with Crippen molar-refractivity contribution in [3.63, 3.8) is 0 Å². The summed E-state index contributed by atoms with van der Waals surface area (Å²) < 4.78 is 0. The maximum absolute atomic E-state index is 8.80. The molecule has 0 amide bonds. The van der Waals surface area contributed by atoms with Crippen LogP contribution in [0, 0.1) is 11.3 Å². The number of hydrogen-bond acceptors (Lipinski definition) is 3. The summed E-state index contributed by atoms with van der Waals surface area (Å²) in [5.41, 5.74) is 0. The molecule has 3 nitrogen and oxygen atoms in total. The van der Waals surface area contributed by atoms with E-state index >= 15 is 0 Å². The second kappa shape index (κ2) is 8.73. The van der Waals surface area contributed by atoms with Gasteiger partial charge in [-0.05, 0) is 13.0 Å². The second-order valence-electron chi connectivity index (χ2n) is 6.45. The number of nitrogens with zero attached hydrogens (tertiary/aromatic N) is 2. The predicted octanol–water partition coefficient (Wildman–Crippen LogP) is 3.35. The van der Waals surface area contributed by atoms with Crippen molar-refractivity contribution in [3.05, 3.63) is 0 Å². The van der Waals surface area contributed by atoms with Gasteiger partial charge in [-0.25, -0.2) is 0 Å². The Labute approximate surface area is 120 Å². The fourth-order valence-electron chi connectivity index (χ4n) is 3.13. The van der Waals surface area contributed by atoms with Gasteiger partial charge in [-0.3, -0.25) is 4.90 Å². The molecule has 1 saturated heterocycles. The third-order valence-electron chi connectivity index (χ3n) is 4.25. The van der Waals surface area contributed by atoms with Crippen LogP contribution in [-0.2, 0) is 0 Å². The fourth-order valence-corrected chi connectivity index (χ4v) is 6.51. The number of hydrogen-bond donors (Lipinski definition) is 1. The lowest BCUT2D eigenvalue weighted by molar-refractivity contribution is 0.181. The zero-order chi connectivity index (χ0) is 14.1. The van der Waals surface area contributed by atoms with Crippen LogP contribution in [0.4, 0.5) is 0 Å². The Morgan fingerprint density at radius 1 is 1.32 bits per heavy atom. The van der Waals surface area contributed by atoms with Crippen molar-refractivity contribution in [2.45, 2.75) is 70.4 Å². The van der Waals surface area contributed by atoms with Gasteiger partial charge in [-0.2, -0.15) is 5.26 Å². The molecule has 1 unspecified atom stereocenters. The molecule has 0 aromatic carbocycles. The molecule has 19 heavy (non-hydrogen) atoms. The summed E-state index contributed by atoms with van der Waals surface area (Å²) in [6.07, 6.45) is 7.36. The molecule has 4 heteroatoms. The summed E-state index contributed by atoms with van der Waals surface area (Å²) in [6, 6.07) is 3.70. The maximum atomic E-state index is 8.80. The van der Waals surface area contributed by atoms with Gasteiger partial charge in [0.15, 0.2) is 0 Å². The van der Waals surface area contributed by atoms with Gasteiger partial charge in [0.1, 0.15) is 0 Å². The minimum atomic E-state index is -1.26. The molecule has 1 fully saturated rings. The monoisotopic (exact) mass is 281 g/mol. The van der Waals surface area contributed by atoms with E-state index in [1.165, 1.54) is 44.7 Å². The first-order chi connectivity index (χ1) is 9.11. The normalized spacial score (nSPS) is 21.3. The predicted molar refractivity (Wildman–Crippen MR) is 84.6 cm³/mol. The van der Waals surface area contributed by atoms with Crippen LogP contribution in [0.5, 0.6) is 0 Å². The van der Waals surface area contributed by atoms with Crippen molar-refractivity contribution in [2.24, 2.45) is 0 Å². The second-order valence-corrected chi connectivity index (χ2v) is 11.5. The van der Waals surface area contributed by atoms with Gasteiger partial charge in [0.05, 0.1) is 14.1 Å². The van der Waals surface area contributed by atoms with Crippen LogP contribution in [0.25, 0.3) is 0 Å². The van der Waals surface area contributed by atoms with Gasteiger partial charge >= 0.3 is 0 Å². The molecule has 0 spiro atoms. The van der Waals surface area contributed by atoms with Crippen molar-refractivity contribution >= 4 is 8.07 Å². The Hall–Kier alpha value is -0.373. The molecular formula is C15H31N3Si. The van der Waals surface area contributed by atoms with Crippen molar-refractivity contribution < 1.29 is 0 Å². The lowest BCUT2D eigenvalue weighted by atomic mass is 10.2. The zero-order valence-electron chi connectivity index (χ0n) is 13.0. The summed E-state index contributed by atoms with van der Waals surface area (Å²) in [7, 11) is -1.26. The van der Waals surface area contributed by atoms with E-state index in [1.54, 1.807) is 0 Å². The third kappa shape index (κ3) is 5.64. The standard InChI is InChI=1S/C15H31N3Si/c1-4-5-6-7-14-19(2,3)15-17-11-9-13-18(15)12-8-10-16/h15,17H,4-9,11-14H2,1-3H3. The zero-order valence-corrected chi connectivity index (χ0v) is 14.0. The first-order valence-corrected chi connectivity index (χ1v) is 11.2. The molecule has 110 valence electrons. The summed E-state index contributed by atoms with van der Waals surface area (Å²) in [6.45, 7) is 10.6. The molecule has 0 aliphatic carbocycles. The molecule has 1 heterocycles. The summed E-state index contributed by atoms with van der Waals surface area (Å²) in [5.74, 6) is 0.580. The first-order valence-electron chi connectivity index (χ1n) is 7.96. The van der Waals surface area contributed by atoms with Crippen LogP contribution in [0.1, 0.15) is 45.4 Å². The average Bonchev–Trinajstić information content (AvgIpc) is 2.41. The molecule has 0 saturated carbocycles.